The van der Waals surface area contributed by atoms with Crippen molar-refractivity contribution in [2.45, 2.75) is 11.0 Å². The Morgan fingerprint density at radius 1 is 0.438 bits per heavy atom. The molecule has 6 nitrogen and oxygen atoms in total. The summed E-state index contributed by atoms with van der Waals surface area (Å²) in [5.74, 6) is -1.83. The van der Waals surface area contributed by atoms with Gasteiger partial charge in [0, 0.05) is 22.3 Å². The Balaban J connectivity index is 1.89. The monoisotopic (exact) mass is 702 g/mol. The van der Waals surface area contributed by atoms with Gasteiger partial charge in [-0.05, 0) is 44.8 Å². The third-order valence-electron chi connectivity index (χ3n) is 7.38. The highest BCUT2D eigenvalue weighted by Crippen LogP contribution is 2.53. The average Bonchev–Trinajstić information content (AvgIpc) is 3.04. The average molecular weight is 703 g/mol. The maximum absolute atomic E-state index is 13.9. The Hall–Kier alpha value is -5.08. The summed E-state index contributed by atoms with van der Waals surface area (Å²) in [5.41, 5.74) is -12.8. The standard InChI is InChI=1S/C34H20F6O6S2/c35-33(36,37)47(41,42)45-31-27(21-11-3-1-4-12-21)19-23-15-7-9-17-25(23)29(31)30-26-18-10-8-16-24(26)20-28(22-13-5-2-6-14-22)32(30)46-48(43,44)34(38,39)40/h1-20H. The third-order valence-corrected chi connectivity index (χ3v) is 9.28. The largest absolute Gasteiger partial charge is 0.534 e. The van der Waals surface area contributed by atoms with Crippen molar-refractivity contribution in [2.75, 3.05) is 0 Å². The molecule has 0 aliphatic carbocycles. The van der Waals surface area contributed by atoms with Gasteiger partial charge in [0.05, 0.1) is 0 Å². The zero-order valence-corrected chi connectivity index (χ0v) is 25.7. The lowest BCUT2D eigenvalue weighted by molar-refractivity contribution is -0.0505. The molecular weight excluding hydrogens is 682 g/mol. The molecule has 48 heavy (non-hydrogen) atoms. The van der Waals surface area contributed by atoms with Gasteiger partial charge in [-0.3, -0.25) is 0 Å². The number of alkyl halides is 6. The van der Waals surface area contributed by atoms with E-state index in [1.165, 1.54) is 84.9 Å². The van der Waals surface area contributed by atoms with Crippen LogP contribution in [0.3, 0.4) is 0 Å². The topological polar surface area (TPSA) is 86.7 Å². The molecule has 0 atom stereocenters. The van der Waals surface area contributed by atoms with E-state index in [0.717, 1.165) is 0 Å². The Morgan fingerprint density at radius 3 is 1.08 bits per heavy atom. The van der Waals surface area contributed by atoms with E-state index in [4.69, 9.17) is 8.37 Å². The Kier molecular flexibility index (Phi) is 8.12. The van der Waals surface area contributed by atoms with Crippen LogP contribution >= 0.6 is 0 Å². The van der Waals surface area contributed by atoms with Crippen LogP contribution in [0, 0.1) is 0 Å². The van der Waals surface area contributed by atoms with Crippen molar-refractivity contribution in [3.05, 3.63) is 121 Å². The van der Waals surface area contributed by atoms with Gasteiger partial charge in [-0.15, -0.1) is 0 Å². The van der Waals surface area contributed by atoms with E-state index in [1.54, 1.807) is 36.4 Å². The molecule has 246 valence electrons. The van der Waals surface area contributed by atoms with Gasteiger partial charge in [0.2, 0.25) is 0 Å². The summed E-state index contributed by atoms with van der Waals surface area (Å²) in [6.07, 6.45) is 0. The number of hydrogen-bond acceptors (Lipinski definition) is 6. The van der Waals surface area contributed by atoms with Crippen molar-refractivity contribution in [1.29, 1.82) is 0 Å². The first kappa shape index (κ1) is 32.8. The van der Waals surface area contributed by atoms with Crippen molar-refractivity contribution in [3.63, 3.8) is 0 Å². The fourth-order valence-electron chi connectivity index (χ4n) is 5.30. The van der Waals surface area contributed by atoms with Gasteiger partial charge in [-0.25, -0.2) is 0 Å². The summed E-state index contributed by atoms with van der Waals surface area (Å²) in [5, 5.41) is 0.659. The second-order valence-corrected chi connectivity index (χ2v) is 13.5. The van der Waals surface area contributed by atoms with E-state index in [0.29, 0.717) is 10.8 Å². The predicted molar refractivity (Wildman–Crippen MR) is 169 cm³/mol. The zero-order valence-electron chi connectivity index (χ0n) is 24.1. The molecule has 0 aromatic heterocycles. The maximum atomic E-state index is 13.9. The lowest BCUT2D eigenvalue weighted by Gasteiger charge is -2.24. The molecule has 0 radical (unpaired) electrons. The summed E-state index contributed by atoms with van der Waals surface area (Å²) in [4.78, 5) is 0. The van der Waals surface area contributed by atoms with Gasteiger partial charge in [0.1, 0.15) is 0 Å². The molecule has 0 aliphatic heterocycles. The van der Waals surface area contributed by atoms with Crippen LogP contribution < -0.4 is 8.37 Å². The lowest BCUT2D eigenvalue weighted by Crippen LogP contribution is -2.29. The van der Waals surface area contributed by atoms with Crippen molar-refractivity contribution in [1.82, 2.24) is 0 Å². The summed E-state index contributed by atoms with van der Waals surface area (Å²) >= 11 is 0. The van der Waals surface area contributed by atoms with Gasteiger partial charge in [0.15, 0.2) is 11.5 Å². The summed E-state index contributed by atoms with van der Waals surface area (Å²) < 4.78 is 144. The molecule has 6 aromatic rings. The van der Waals surface area contributed by atoms with Gasteiger partial charge >= 0.3 is 31.3 Å². The maximum Gasteiger partial charge on any atom is 0.534 e. The van der Waals surface area contributed by atoms with Crippen LogP contribution in [0.5, 0.6) is 11.5 Å². The van der Waals surface area contributed by atoms with Crippen molar-refractivity contribution in [2.24, 2.45) is 0 Å². The molecule has 0 saturated carbocycles. The first-order valence-corrected chi connectivity index (χ1v) is 16.6. The van der Waals surface area contributed by atoms with Crippen molar-refractivity contribution >= 4 is 41.8 Å². The van der Waals surface area contributed by atoms with Crippen LogP contribution in [-0.2, 0) is 20.2 Å². The van der Waals surface area contributed by atoms with Gasteiger partial charge in [0.25, 0.3) is 0 Å². The zero-order chi connectivity index (χ0) is 34.5. The Bertz CT molecular complexity index is 2220. The molecule has 0 spiro atoms. The molecule has 0 aliphatic rings. The summed E-state index contributed by atoms with van der Waals surface area (Å²) in [7, 11) is -12.8. The van der Waals surface area contributed by atoms with Gasteiger partial charge < -0.3 is 8.37 Å². The second-order valence-electron chi connectivity index (χ2n) is 10.4. The highest BCUT2D eigenvalue weighted by Gasteiger charge is 2.51. The van der Waals surface area contributed by atoms with E-state index in [-0.39, 0.29) is 33.0 Å². The molecular formula is C34H20F6O6S2. The number of fused-ring (bicyclic) bond motifs is 2. The van der Waals surface area contributed by atoms with Crippen LogP contribution in [0.2, 0.25) is 0 Å². The molecule has 6 aromatic carbocycles. The minimum atomic E-state index is -6.41. The molecule has 0 N–H and O–H groups in total. The second kappa shape index (κ2) is 11.9. The lowest BCUT2D eigenvalue weighted by atomic mass is 9.86. The molecule has 0 unspecified atom stereocenters. The quantitative estimate of drug-likeness (QED) is 0.0936. The molecule has 6 rings (SSSR count). The van der Waals surface area contributed by atoms with Crippen LogP contribution in [0.4, 0.5) is 26.3 Å². The van der Waals surface area contributed by atoms with E-state index >= 15 is 0 Å². The van der Waals surface area contributed by atoms with E-state index < -0.39 is 53.9 Å². The van der Waals surface area contributed by atoms with Crippen LogP contribution in [0.25, 0.3) is 54.9 Å². The molecule has 14 heteroatoms. The number of rotatable bonds is 7. The first-order valence-electron chi connectivity index (χ1n) is 13.8. The smallest absolute Gasteiger partial charge is 0.375 e. The summed E-state index contributed by atoms with van der Waals surface area (Å²) in [6, 6.07) is 29.9. The van der Waals surface area contributed by atoms with E-state index in [9.17, 15) is 43.2 Å². The van der Waals surface area contributed by atoms with Crippen LogP contribution in [0.1, 0.15) is 0 Å². The van der Waals surface area contributed by atoms with Gasteiger partial charge in [-0.1, -0.05) is 109 Å². The summed E-state index contributed by atoms with van der Waals surface area (Å²) in [6.45, 7) is 0. The van der Waals surface area contributed by atoms with Gasteiger partial charge in [-0.2, -0.15) is 43.2 Å². The first-order chi connectivity index (χ1) is 22.6. The molecule has 0 saturated heterocycles. The highest BCUT2D eigenvalue weighted by atomic mass is 32.2. The number of benzene rings is 6. The predicted octanol–water partition coefficient (Wildman–Crippen LogP) is 9.45. The van der Waals surface area contributed by atoms with E-state index in [2.05, 4.69) is 0 Å². The molecule has 0 bridgehead atoms. The number of hydrogen-bond donors (Lipinski definition) is 0. The Morgan fingerprint density at radius 2 is 0.750 bits per heavy atom. The Labute approximate surface area is 270 Å². The van der Waals surface area contributed by atoms with Crippen LogP contribution in [0.15, 0.2) is 121 Å². The normalized spacial score (nSPS) is 12.7. The van der Waals surface area contributed by atoms with Crippen LogP contribution in [-0.4, -0.2) is 27.9 Å². The van der Waals surface area contributed by atoms with Crippen molar-refractivity contribution < 1.29 is 51.5 Å². The molecule has 0 amide bonds. The van der Waals surface area contributed by atoms with Crippen molar-refractivity contribution in [3.8, 4) is 44.9 Å². The highest BCUT2D eigenvalue weighted by molar-refractivity contribution is 7.88. The third kappa shape index (κ3) is 5.92. The minimum Gasteiger partial charge on any atom is -0.375 e. The SMILES string of the molecule is O=S(=O)(Oc1c(-c2ccccc2)cc2ccccc2c1-c1c(OS(=O)(=O)C(F)(F)F)c(-c2ccccc2)cc2ccccc12)C(F)(F)F. The fraction of sp³-hybridized carbons (Fsp3) is 0.0588. The minimum absolute atomic E-state index is 0.0224. The fourth-order valence-corrected chi connectivity index (χ4v) is 6.28. The number of halogens is 6. The molecule has 0 fully saturated rings. The van der Waals surface area contributed by atoms with E-state index in [1.807, 2.05) is 0 Å². The molecule has 0 heterocycles.